The third kappa shape index (κ3) is 4.57. The van der Waals surface area contributed by atoms with Crippen LogP contribution < -0.4 is 10.1 Å². The molecule has 1 aromatic heterocycles. The van der Waals surface area contributed by atoms with E-state index in [1.165, 1.54) is 5.56 Å². The lowest BCUT2D eigenvalue weighted by Crippen LogP contribution is -2.22. The minimum Gasteiger partial charge on any atom is -0.491 e. The van der Waals surface area contributed by atoms with Crippen molar-refractivity contribution in [2.24, 2.45) is 0 Å². The van der Waals surface area contributed by atoms with E-state index >= 15 is 0 Å². The summed E-state index contributed by atoms with van der Waals surface area (Å²) in [7, 11) is 0. The van der Waals surface area contributed by atoms with Gasteiger partial charge in [-0.05, 0) is 56.7 Å². The Hall–Kier alpha value is -1.87. The van der Waals surface area contributed by atoms with Crippen LogP contribution in [-0.4, -0.2) is 17.1 Å². The Kier molecular flexibility index (Phi) is 5.56. The van der Waals surface area contributed by atoms with Gasteiger partial charge in [0.15, 0.2) is 0 Å². The predicted octanol–water partition coefficient (Wildman–Crippen LogP) is 4.34. The summed E-state index contributed by atoms with van der Waals surface area (Å²) in [4.78, 5) is 4.73. The van der Waals surface area contributed by atoms with E-state index in [4.69, 9.17) is 9.72 Å². The molecular weight excluding hydrogens is 272 g/mol. The lowest BCUT2D eigenvalue weighted by atomic mass is 10.1. The molecule has 1 N–H and O–H groups in total. The molecule has 118 valence electrons. The van der Waals surface area contributed by atoms with Crippen LogP contribution in [0.4, 0.5) is 0 Å². The van der Waals surface area contributed by atoms with Crippen molar-refractivity contribution >= 4 is 0 Å². The molecule has 0 saturated heterocycles. The highest BCUT2D eigenvalue weighted by Crippen LogP contribution is 2.22. The first-order valence-corrected chi connectivity index (χ1v) is 7.92. The molecule has 3 nitrogen and oxygen atoms in total. The summed E-state index contributed by atoms with van der Waals surface area (Å²) in [6.07, 6.45) is 0.193. The Morgan fingerprint density at radius 2 is 1.68 bits per heavy atom. The molecule has 1 heterocycles. The van der Waals surface area contributed by atoms with E-state index in [2.05, 4.69) is 50.4 Å². The van der Waals surface area contributed by atoms with E-state index in [1.54, 1.807) is 0 Å². The Labute approximate surface area is 133 Å². The number of aromatic nitrogens is 1. The Morgan fingerprint density at radius 3 is 2.23 bits per heavy atom. The molecular formula is C19H26N2O. The van der Waals surface area contributed by atoms with Gasteiger partial charge < -0.3 is 10.1 Å². The zero-order valence-corrected chi connectivity index (χ0v) is 14.2. The molecule has 0 unspecified atom stereocenters. The van der Waals surface area contributed by atoms with E-state index in [-0.39, 0.29) is 6.10 Å². The van der Waals surface area contributed by atoms with Gasteiger partial charge in [-0.15, -0.1) is 0 Å². The van der Waals surface area contributed by atoms with Crippen LogP contribution in [0.1, 0.15) is 39.0 Å². The molecule has 0 amide bonds. The SMILES string of the molecule is Cc1nc(-c2ccc(OC(C)C)cc2)ccc1CNC(C)C. The topological polar surface area (TPSA) is 34.1 Å². The monoisotopic (exact) mass is 298 g/mol. The molecule has 2 rings (SSSR count). The average Bonchev–Trinajstić information content (AvgIpc) is 2.46. The summed E-state index contributed by atoms with van der Waals surface area (Å²) in [5, 5.41) is 3.43. The van der Waals surface area contributed by atoms with Crippen LogP contribution in [-0.2, 0) is 6.54 Å². The summed E-state index contributed by atoms with van der Waals surface area (Å²) < 4.78 is 5.67. The number of hydrogen-bond donors (Lipinski definition) is 1. The van der Waals surface area contributed by atoms with Gasteiger partial charge in [0.05, 0.1) is 11.8 Å². The van der Waals surface area contributed by atoms with E-state index in [0.717, 1.165) is 29.2 Å². The number of rotatable bonds is 6. The zero-order chi connectivity index (χ0) is 16.1. The number of nitrogens with one attached hydrogen (secondary N) is 1. The zero-order valence-electron chi connectivity index (χ0n) is 14.2. The maximum atomic E-state index is 5.67. The molecule has 0 aliphatic heterocycles. The molecule has 0 atom stereocenters. The van der Waals surface area contributed by atoms with Gasteiger partial charge in [0.1, 0.15) is 5.75 Å². The van der Waals surface area contributed by atoms with Gasteiger partial charge in [-0.25, -0.2) is 0 Å². The van der Waals surface area contributed by atoms with Gasteiger partial charge >= 0.3 is 0 Å². The number of benzene rings is 1. The fraction of sp³-hybridized carbons (Fsp3) is 0.421. The minimum atomic E-state index is 0.193. The molecule has 22 heavy (non-hydrogen) atoms. The summed E-state index contributed by atoms with van der Waals surface area (Å²) in [6.45, 7) is 11.3. The second kappa shape index (κ2) is 7.41. The molecule has 1 aromatic carbocycles. The second-order valence-electron chi connectivity index (χ2n) is 6.17. The lowest BCUT2D eigenvalue weighted by molar-refractivity contribution is 0.242. The standard InChI is InChI=1S/C19H26N2O/c1-13(2)20-12-17-8-11-19(21-15(17)5)16-6-9-18(10-7-16)22-14(3)4/h6-11,13-14,20H,12H2,1-5H3. The molecule has 0 radical (unpaired) electrons. The quantitative estimate of drug-likeness (QED) is 0.861. The summed E-state index contributed by atoms with van der Waals surface area (Å²) in [5.74, 6) is 0.897. The van der Waals surface area contributed by atoms with Crippen molar-refractivity contribution in [2.75, 3.05) is 0 Å². The van der Waals surface area contributed by atoms with Crippen LogP contribution in [0.2, 0.25) is 0 Å². The fourth-order valence-corrected chi connectivity index (χ4v) is 2.23. The van der Waals surface area contributed by atoms with Crippen LogP contribution in [0.5, 0.6) is 5.75 Å². The van der Waals surface area contributed by atoms with Crippen LogP contribution in [0, 0.1) is 6.92 Å². The van der Waals surface area contributed by atoms with Crippen molar-refractivity contribution in [2.45, 2.75) is 53.3 Å². The smallest absolute Gasteiger partial charge is 0.119 e. The third-order valence-electron chi connectivity index (χ3n) is 3.42. The first-order chi connectivity index (χ1) is 10.5. The van der Waals surface area contributed by atoms with Gasteiger partial charge in [-0.2, -0.15) is 0 Å². The van der Waals surface area contributed by atoms with Crippen molar-refractivity contribution in [3.63, 3.8) is 0 Å². The van der Waals surface area contributed by atoms with Crippen LogP contribution in [0.3, 0.4) is 0 Å². The van der Waals surface area contributed by atoms with Gasteiger partial charge in [0.2, 0.25) is 0 Å². The van der Waals surface area contributed by atoms with E-state index < -0.39 is 0 Å². The van der Waals surface area contributed by atoms with E-state index in [0.29, 0.717) is 6.04 Å². The summed E-state index contributed by atoms with van der Waals surface area (Å²) >= 11 is 0. The molecule has 2 aromatic rings. The Morgan fingerprint density at radius 1 is 1.00 bits per heavy atom. The van der Waals surface area contributed by atoms with E-state index in [9.17, 15) is 0 Å². The molecule has 0 saturated carbocycles. The number of aryl methyl sites for hydroxylation is 1. The van der Waals surface area contributed by atoms with Gasteiger partial charge in [-0.1, -0.05) is 19.9 Å². The van der Waals surface area contributed by atoms with Crippen molar-refractivity contribution in [3.8, 4) is 17.0 Å². The first kappa shape index (κ1) is 16.5. The molecule has 0 aliphatic carbocycles. The van der Waals surface area contributed by atoms with Crippen molar-refractivity contribution in [3.05, 3.63) is 47.7 Å². The predicted molar refractivity (Wildman–Crippen MR) is 92.1 cm³/mol. The third-order valence-corrected chi connectivity index (χ3v) is 3.42. The van der Waals surface area contributed by atoms with Gasteiger partial charge in [0, 0.05) is 23.8 Å². The highest BCUT2D eigenvalue weighted by molar-refractivity contribution is 5.60. The fourth-order valence-electron chi connectivity index (χ4n) is 2.23. The van der Waals surface area contributed by atoms with Gasteiger partial charge in [0.25, 0.3) is 0 Å². The molecule has 0 spiro atoms. The summed E-state index contributed by atoms with van der Waals surface area (Å²) in [5.41, 5.74) is 4.44. The Balaban J connectivity index is 2.13. The van der Waals surface area contributed by atoms with E-state index in [1.807, 2.05) is 26.0 Å². The summed E-state index contributed by atoms with van der Waals surface area (Å²) in [6, 6.07) is 12.8. The lowest BCUT2D eigenvalue weighted by Gasteiger charge is -2.12. The minimum absolute atomic E-state index is 0.193. The van der Waals surface area contributed by atoms with Crippen molar-refractivity contribution < 1.29 is 4.74 Å². The number of nitrogens with zero attached hydrogens (tertiary/aromatic N) is 1. The Bertz CT molecular complexity index is 603. The van der Waals surface area contributed by atoms with Gasteiger partial charge in [-0.3, -0.25) is 4.98 Å². The maximum absolute atomic E-state index is 5.67. The average molecular weight is 298 g/mol. The highest BCUT2D eigenvalue weighted by Gasteiger charge is 2.05. The number of ether oxygens (including phenoxy) is 1. The number of pyridine rings is 1. The first-order valence-electron chi connectivity index (χ1n) is 7.92. The normalized spacial score (nSPS) is 11.2. The molecule has 3 heteroatoms. The van der Waals surface area contributed by atoms with Crippen LogP contribution in [0.25, 0.3) is 11.3 Å². The molecule has 0 fully saturated rings. The maximum Gasteiger partial charge on any atom is 0.119 e. The largest absolute Gasteiger partial charge is 0.491 e. The highest BCUT2D eigenvalue weighted by atomic mass is 16.5. The van der Waals surface area contributed by atoms with Crippen LogP contribution >= 0.6 is 0 Å². The van der Waals surface area contributed by atoms with Crippen molar-refractivity contribution in [1.29, 1.82) is 0 Å². The molecule has 0 bridgehead atoms. The second-order valence-corrected chi connectivity index (χ2v) is 6.17. The number of hydrogen-bond acceptors (Lipinski definition) is 3. The molecule has 0 aliphatic rings. The van der Waals surface area contributed by atoms with Crippen LogP contribution in [0.15, 0.2) is 36.4 Å². The van der Waals surface area contributed by atoms with Crippen molar-refractivity contribution in [1.82, 2.24) is 10.3 Å².